The van der Waals surface area contributed by atoms with E-state index in [0.717, 1.165) is 38.8 Å². The van der Waals surface area contributed by atoms with Gasteiger partial charge in [0.1, 0.15) is 18.0 Å². The smallest absolute Gasteiger partial charge is 0.143 e. The SMILES string of the molecule is Cc1ccn2c(C(CSc3ccc(Cl)cc3)=NOCc3ccc(Cl)cc3Cl)c(C)nc2c1. The van der Waals surface area contributed by atoms with Crippen LogP contribution in [0.15, 0.2) is 70.8 Å². The maximum Gasteiger partial charge on any atom is 0.143 e. The van der Waals surface area contributed by atoms with Crippen LogP contribution in [0.2, 0.25) is 15.1 Å². The fourth-order valence-electron chi connectivity index (χ4n) is 3.25. The molecule has 0 radical (unpaired) electrons. The highest BCUT2D eigenvalue weighted by Gasteiger charge is 2.17. The Morgan fingerprint density at radius 1 is 1.00 bits per heavy atom. The quantitative estimate of drug-likeness (QED) is 0.148. The van der Waals surface area contributed by atoms with Crippen LogP contribution < -0.4 is 0 Å². The van der Waals surface area contributed by atoms with Gasteiger partial charge in [-0.05, 0) is 67.9 Å². The summed E-state index contributed by atoms with van der Waals surface area (Å²) in [6.45, 7) is 4.27. The summed E-state index contributed by atoms with van der Waals surface area (Å²) < 4.78 is 2.04. The lowest BCUT2D eigenvalue weighted by molar-refractivity contribution is 0.130. The molecule has 164 valence electrons. The molecule has 32 heavy (non-hydrogen) atoms. The van der Waals surface area contributed by atoms with E-state index in [0.29, 0.717) is 20.8 Å². The zero-order chi connectivity index (χ0) is 22.7. The zero-order valence-electron chi connectivity index (χ0n) is 17.5. The van der Waals surface area contributed by atoms with Gasteiger partial charge < -0.3 is 4.84 Å². The molecule has 2 aromatic heterocycles. The molecule has 0 spiro atoms. The van der Waals surface area contributed by atoms with Gasteiger partial charge in [-0.3, -0.25) is 4.40 Å². The molecule has 2 aromatic carbocycles. The molecule has 0 amide bonds. The van der Waals surface area contributed by atoms with Crippen LogP contribution >= 0.6 is 46.6 Å². The molecule has 0 saturated heterocycles. The van der Waals surface area contributed by atoms with Crippen molar-refractivity contribution >= 4 is 57.9 Å². The predicted octanol–water partition coefficient (Wildman–Crippen LogP) is 7.62. The number of benzene rings is 2. The van der Waals surface area contributed by atoms with Gasteiger partial charge in [-0.1, -0.05) is 46.0 Å². The highest BCUT2D eigenvalue weighted by Crippen LogP contribution is 2.25. The van der Waals surface area contributed by atoms with E-state index in [2.05, 4.69) is 17.3 Å². The third-order valence-electron chi connectivity index (χ3n) is 4.83. The molecule has 0 atom stereocenters. The monoisotopic (exact) mass is 503 g/mol. The fraction of sp³-hybridized carbons (Fsp3) is 0.167. The average molecular weight is 505 g/mol. The third-order valence-corrected chi connectivity index (χ3v) is 6.69. The minimum Gasteiger partial charge on any atom is -0.391 e. The van der Waals surface area contributed by atoms with Crippen LogP contribution in [0, 0.1) is 13.8 Å². The summed E-state index contributed by atoms with van der Waals surface area (Å²) in [5.41, 5.74) is 5.43. The van der Waals surface area contributed by atoms with E-state index in [9.17, 15) is 0 Å². The molecule has 0 fully saturated rings. The Bertz CT molecular complexity index is 1290. The minimum atomic E-state index is 0.236. The van der Waals surface area contributed by atoms with Crippen LogP contribution in [0.1, 0.15) is 22.5 Å². The highest BCUT2D eigenvalue weighted by atomic mass is 35.5. The standard InChI is InChI=1S/C24H20Cl3N3OS/c1-15-9-10-30-23(11-15)28-16(2)24(30)22(14-32-20-7-5-18(25)6-8-20)29-31-13-17-3-4-19(26)12-21(17)27/h3-12H,13-14H2,1-2H3. The summed E-state index contributed by atoms with van der Waals surface area (Å²) in [6.07, 6.45) is 2.01. The largest absolute Gasteiger partial charge is 0.391 e. The van der Waals surface area contributed by atoms with Crippen molar-refractivity contribution in [3.05, 3.63) is 98.4 Å². The molecule has 0 unspecified atom stereocenters. The van der Waals surface area contributed by atoms with E-state index < -0.39 is 0 Å². The maximum atomic E-state index is 6.27. The molecule has 8 heteroatoms. The number of nitrogens with zero attached hydrogens (tertiary/aromatic N) is 3. The number of hydrogen-bond donors (Lipinski definition) is 0. The normalized spacial score (nSPS) is 11.8. The van der Waals surface area contributed by atoms with Gasteiger partial charge >= 0.3 is 0 Å². The first-order valence-corrected chi connectivity index (χ1v) is 12.0. The van der Waals surface area contributed by atoms with Gasteiger partial charge in [-0.25, -0.2) is 4.98 Å². The third kappa shape index (κ3) is 5.41. The lowest BCUT2D eigenvalue weighted by Crippen LogP contribution is -2.11. The number of oxime groups is 1. The van der Waals surface area contributed by atoms with Crippen molar-refractivity contribution in [2.45, 2.75) is 25.3 Å². The van der Waals surface area contributed by atoms with Gasteiger partial charge in [0.2, 0.25) is 0 Å². The molecule has 0 aliphatic heterocycles. The van der Waals surface area contributed by atoms with Crippen LogP contribution in [0.3, 0.4) is 0 Å². The van der Waals surface area contributed by atoms with Crippen molar-refractivity contribution in [3.8, 4) is 0 Å². The van der Waals surface area contributed by atoms with E-state index >= 15 is 0 Å². The summed E-state index contributed by atoms with van der Waals surface area (Å²) in [5, 5.41) is 6.35. The summed E-state index contributed by atoms with van der Waals surface area (Å²) in [7, 11) is 0. The minimum absolute atomic E-state index is 0.236. The van der Waals surface area contributed by atoms with Crippen LogP contribution in [0.25, 0.3) is 5.65 Å². The lowest BCUT2D eigenvalue weighted by atomic mass is 10.2. The molecule has 0 aliphatic rings. The number of rotatable bonds is 7. The first-order chi connectivity index (χ1) is 15.4. The second-order valence-electron chi connectivity index (χ2n) is 7.27. The van der Waals surface area contributed by atoms with Crippen LogP contribution in [0.5, 0.6) is 0 Å². The van der Waals surface area contributed by atoms with Crippen molar-refractivity contribution in [1.29, 1.82) is 0 Å². The van der Waals surface area contributed by atoms with Gasteiger partial charge in [-0.15, -0.1) is 11.8 Å². The van der Waals surface area contributed by atoms with E-state index in [4.69, 9.17) is 44.6 Å². The molecule has 4 aromatic rings. The fourth-order valence-corrected chi connectivity index (χ4v) is 4.66. The predicted molar refractivity (Wildman–Crippen MR) is 135 cm³/mol. The van der Waals surface area contributed by atoms with Gasteiger partial charge in [0, 0.05) is 37.5 Å². The number of aromatic nitrogens is 2. The first-order valence-electron chi connectivity index (χ1n) is 9.87. The molecule has 4 nitrogen and oxygen atoms in total. The maximum absolute atomic E-state index is 6.27. The second kappa shape index (κ2) is 10.2. The number of hydrogen-bond acceptors (Lipinski definition) is 4. The van der Waals surface area contributed by atoms with Gasteiger partial charge in [0.15, 0.2) is 0 Å². The first kappa shape index (κ1) is 23.0. The Labute approximate surface area is 206 Å². The Morgan fingerprint density at radius 2 is 1.75 bits per heavy atom. The average Bonchev–Trinajstić information content (AvgIpc) is 3.08. The van der Waals surface area contributed by atoms with Crippen molar-refractivity contribution < 1.29 is 4.84 Å². The number of fused-ring (bicyclic) bond motifs is 1. The van der Waals surface area contributed by atoms with Gasteiger partial charge in [0.25, 0.3) is 0 Å². The van der Waals surface area contributed by atoms with E-state index in [1.807, 2.05) is 54.8 Å². The zero-order valence-corrected chi connectivity index (χ0v) is 20.6. The Balaban J connectivity index is 1.64. The number of thioether (sulfide) groups is 1. The van der Waals surface area contributed by atoms with Crippen LogP contribution in [-0.4, -0.2) is 20.8 Å². The van der Waals surface area contributed by atoms with Crippen molar-refractivity contribution in [2.75, 3.05) is 5.75 Å². The van der Waals surface area contributed by atoms with Crippen molar-refractivity contribution in [1.82, 2.24) is 9.38 Å². The van der Waals surface area contributed by atoms with Gasteiger partial charge in [-0.2, -0.15) is 0 Å². The molecular formula is C24H20Cl3N3OS. The topological polar surface area (TPSA) is 38.9 Å². The molecule has 0 saturated carbocycles. The van der Waals surface area contributed by atoms with Crippen LogP contribution in [-0.2, 0) is 11.4 Å². The molecule has 0 bridgehead atoms. The number of pyridine rings is 1. The number of imidazole rings is 1. The summed E-state index contributed by atoms with van der Waals surface area (Å²) in [6, 6.07) is 17.1. The van der Waals surface area contributed by atoms with Gasteiger partial charge in [0.05, 0.1) is 11.4 Å². The Hall–Kier alpha value is -2.18. The Morgan fingerprint density at radius 3 is 2.50 bits per heavy atom. The number of aryl methyl sites for hydroxylation is 2. The van der Waals surface area contributed by atoms with E-state index in [-0.39, 0.29) is 6.61 Å². The number of halogens is 3. The summed E-state index contributed by atoms with van der Waals surface area (Å²) in [4.78, 5) is 11.6. The van der Waals surface area contributed by atoms with Crippen molar-refractivity contribution in [2.24, 2.45) is 5.16 Å². The summed E-state index contributed by atoms with van der Waals surface area (Å²) >= 11 is 19.9. The molecule has 0 aliphatic carbocycles. The van der Waals surface area contributed by atoms with Crippen LogP contribution in [0.4, 0.5) is 0 Å². The van der Waals surface area contributed by atoms with Crippen molar-refractivity contribution in [3.63, 3.8) is 0 Å². The lowest BCUT2D eigenvalue weighted by Gasteiger charge is -2.10. The van der Waals surface area contributed by atoms with E-state index in [1.165, 1.54) is 0 Å². The molecule has 2 heterocycles. The summed E-state index contributed by atoms with van der Waals surface area (Å²) in [5.74, 6) is 0.596. The highest BCUT2D eigenvalue weighted by molar-refractivity contribution is 8.00. The molecule has 0 N–H and O–H groups in total. The molecule has 4 rings (SSSR count). The van der Waals surface area contributed by atoms with E-state index in [1.54, 1.807) is 23.9 Å². The molecular weight excluding hydrogens is 485 g/mol. The Kier molecular flexibility index (Phi) is 7.31. The second-order valence-corrected chi connectivity index (χ2v) is 9.60.